The fourth-order valence-electron chi connectivity index (χ4n) is 2.95. The van der Waals surface area contributed by atoms with E-state index in [1.807, 2.05) is 0 Å². The zero-order valence-corrected chi connectivity index (χ0v) is 26.2. The number of nitrogens with one attached hydrogen (secondary N) is 4. The van der Waals surface area contributed by atoms with Gasteiger partial charge in [-0.3, -0.25) is 43.2 Å². The molecule has 0 aromatic heterocycles. The Kier molecular flexibility index (Phi) is 21.3. The van der Waals surface area contributed by atoms with Crippen LogP contribution < -0.4 is 38.5 Å². The summed E-state index contributed by atoms with van der Waals surface area (Å²) in [7, 11) is 1.89. The molecule has 0 aliphatic heterocycles. The molecule has 0 rings (SSSR count). The number of aliphatic carboxylic acids is 3. The fourth-order valence-corrected chi connectivity index (χ4v) is 5.28. The third kappa shape index (κ3) is 20.1. The average molecular weight is 698 g/mol. The van der Waals surface area contributed by atoms with E-state index in [-0.39, 0.29) is 62.5 Å². The van der Waals surface area contributed by atoms with Gasteiger partial charge >= 0.3 is 23.9 Å². The maximum absolute atomic E-state index is 12.8. The van der Waals surface area contributed by atoms with Gasteiger partial charge in [-0.1, -0.05) is 21.6 Å². The third-order valence-corrected chi connectivity index (χ3v) is 7.97. The van der Waals surface area contributed by atoms with E-state index in [1.165, 1.54) is 0 Å². The Morgan fingerprint density at radius 2 is 1.11 bits per heavy atom. The first-order chi connectivity index (χ1) is 21.6. The van der Waals surface area contributed by atoms with Crippen LogP contribution in [-0.2, 0) is 47.9 Å². The molecule has 0 heterocycles. The number of carboxylic acids is 3. The number of Topliss-reactive ketones (excluding diaryl/α,β-unsaturated/α-hetero) is 1. The molecule has 0 unspecified atom stereocenters. The molecule has 0 aromatic rings. The Morgan fingerprint density at radius 1 is 0.674 bits per heavy atom. The van der Waals surface area contributed by atoms with Crippen LogP contribution in [0.25, 0.3) is 0 Å². The lowest BCUT2D eigenvalue weighted by Gasteiger charge is -2.20. The first kappa shape index (κ1) is 42.0. The van der Waals surface area contributed by atoms with Gasteiger partial charge in [0.25, 0.3) is 0 Å². The lowest BCUT2D eigenvalue weighted by atomic mass is 10.1. The smallest absolute Gasteiger partial charge is 0.325 e. The largest absolute Gasteiger partial charge is 0.480 e. The SMILES string of the molecule is NCC(=O)CCOC(=O)CNC(=O)[C@H](CSSC[C@H](NC(=O)CC[C@H](N)C(=O)O)C(=O)NCC(=O)O)NC(=O)CC[C@H](N)C(=O)O. The summed E-state index contributed by atoms with van der Waals surface area (Å²) < 4.78 is 4.83. The van der Waals surface area contributed by atoms with Crippen molar-refractivity contribution in [1.29, 1.82) is 0 Å². The van der Waals surface area contributed by atoms with Gasteiger partial charge in [-0.15, -0.1) is 0 Å². The summed E-state index contributed by atoms with van der Waals surface area (Å²) in [5.41, 5.74) is 15.9. The van der Waals surface area contributed by atoms with Crippen LogP contribution in [0.5, 0.6) is 0 Å². The van der Waals surface area contributed by atoms with E-state index in [0.29, 0.717) is 0 Å². The van der Waals surface area contributed by atoms with Crippen LogP contribution in [-0.4, -0.2) is 131 Å². The van der Waals surface area contributed by atoms with Gasteiger partial charge in [0.2, 0.25) is 23.6 Å². The summed E-state index contributed by atoms with van der Waals surface area (Å²) >= 11 is 0. The van der Waals surface area contributed by atoms with E-state index in [2.05, 4.69) is 21.3 Å². The van der Waals surface area contributed by atoms with Crippen molar-refractivity contribution in [2.75, 3.05) is 37.7 Å². The van der Waals surface area contributed by atoms with Crippen LogP contribution in [0.3, 0.4) is 0 Å². The van der Waals surface area contributed by atoms with Gasteiger partial charge in [-0.25, -0.2) is 0 Å². The molecule has 260 valence electrons. The average Bonchev–Trinajstić information content (AvgIpc) is 3.00. The predicted molar refractivity (Wildman–Crippen MR) is 162 cm³/mol. The topological polar surface area (TPSA) is 350 Å². The van der Waals surface area contributed by atoms with Crippen molar-refractivity contribution in [2.24, 2.45) is 17.2 Å². The van der Waals surface area contributed by atoms with Crippen LogP contribution in [0.1, 0.15) is 32.1 Å². The molecule has 0 fully saturated rings. The van der Waals surface area contributed by atoms with Crippen molar-refractivity contribution < 1.29 is 63.2 Å². The molecular formula is C24H39N7O13S2. The zero-order valence-electron chi connectivity index (χ0n) is 24.6. The molecule has 46 heavy (non-hydrogen) atoms. The maximum atomic E-state index is 12.8. The number of esters is 1. The monoisotopic (exact) mass is 697 g/mol. The summed E-state index contributed by atoms with van der Waals surface area (Å²) in [6, 6.07) is -5.23. The Morgan fingerprint density at radius 3 is 1.50 bits per heavy atom. The quantitative estimate of drug-likeness (QED) is 0.0244. The molecule has 0 aliphatic carbocycles. The van der Waals surface area contributed by atoms with Crippen LogP contribution >= 0.6 is 21.6 Å². The number of hydrogen-bond donors (Lipinski definition) is 10. The second-order valence-electron chi connectivity index (χ2n) is 9.32. The number of hydrogen-bond acceptors (Lipinski definition) is 15. The highest BCUT2D eigenvalue weighted by atomic mass is 33.1. The molecule has 0 saturated carbocycles. The van der Waals surface area contributed by atoms with Crippen LogP contribution in [0.2, 0.25) is 0 Å². The Labute approximate surface area is 270 Å². The molecule has 22 heteroatoms. The first-order valence-electron chi connectivity index (χ1n) is 13.5. The number of amides is 4. The molecule has 0 radical (unpaired) electrons. The van der Waals surface area contributed by atoms with Crippen LogP contribution in [0.15, 0.2) is 0 Å². The maximum Gasteiger partial charge on any atom is 0.325 e. The predicted octanol–water partition coefficient (Wildman–Crippen LogP) is -4.50. The zero-order chi connectivity index (χ0) is 35.2. The first-order valence-corrected chi connectivity index (χ1v) is 16.0. The normalized spacial score (nSPS) is 13.2. The van der Waals surface area contributed by atoms with E-state index in [0.717, 1.165) is 21.6 Å². The minimum absolute atomic E-state index is 0.118. The highest BCUT2D eigenvalue weighted by Crippen LogP contribution is 2.23. The Bertz CT molecular complexity index is 1110. The lowest BCUT2D eigenvalue weighted by Crippen LogP contribution is -2.50. The van der Waals surface area contributed by atoms with Crippen molar-refractivity contribution in [3.05, 3.63) is 0 Å². The molecule has 4 amide bonds. The van der Waals surface area contributed by atoms with Crippen molar-refractivity contribution in [3.63, 3.8) is 0 Å². The summed E-state index contributed by atoms with van der Waals surface area (Å²) in [5, 5.41) is 35.7. The Balaban J connectivity index is 5.33. The summed E-state index contributed by atoms with van der Waals surface area (Å²) in [6.07, 6.45) is -1.29. The van der Waals surface area contributed by atoms with Gasteiger partial charge in [-0.05, 0) is 12.8 Å². The van der Waals surface area contributed by atoms with Crippen molar-refractivity contribution in [1.82, 2.24) is 21.3 Å². The van der Waals surface area contributed by atoms with Crippen molar-refractivity contribution >= 4 is 74.9 Å². The molecule has 4 atom stereocenters. The summed E-state index contributed by atoms with van der Waals surface area (Å²) in [4.78, 5) is 106. The molecule has 0 bridgehead atoms. The third-order valence-electron chi connectivity index (χ3n) is 5.55. The molecule has 0 aromatic carbocycles. The second-order valence-corrected chi connectivity index (χ2v) is 11.9. The molecule has 20 nitrogen and oxygen atoms in total. The van der Waals surface area contributed by atoms with Crippen molar-refractivity contribution in [2.45, 2.75) is 56.3 Å². The number of ketones is 1. The second kappa shape index (κ2) is 23.4. The van der Waals surface area contributed by atoms with Crippen molar-refractivity contribution in [3.8, 4) is 0 Å². The highest BCUT2D eigenvalue weighted by molar-refractivity contribution is 8.76. The van der Waals surface area contributed by atoms with Gasteiger partial charge in [-0.2, -0.15) is 0 Å². The molecule has 13 N–H and O–H groups in total. The minimum atomic E-state index is -1.35. The van der Waals surface area contributed by atoms with Crippen LogP contribution in [0.4, 0.5) is 0 Å². The molecule has 0 spiro atoms. The number of carbonyl (C=O) groups is 9. The van der Waals surface area contributed by atoms with Gasteiger partial charge in [0.15, 0.2) is 0 Å². The van der Waals surface area contributed by atoms with Gasteiger partial charge in [0.1, 0.15) is 43.0 Å². The number of carboxylic acid groups (broad SMARTS) is 3. The van der Waals surface area contributed by atoms with Gasteiger partial charge in [0, 0.05) is 30.8 Å². The Hall–Kier alpha value is -3.99. The number of rotatable bonds is 25. The highest BCUT2D eigenvalue weighted by Gasteiger charge is 2.25. The number of carbonyl (C=O) groups excluding carboxylic acids is 6. The van der Waals surface area contributed by atoms with Gasteiger partial charge < -0.3 is 58.5 Å². The van der Waals surface area contributed by atoms with E-state index < -0.39 is 84.8 Å². The summed E-state index contributed by atoms with van der Waals surface area (Å²) in [5.74, 6) is -8.75. The lowest BCUT2D eigenvalue weighted by molar-refractivity contribution is -0.144. The fraction of sp³-hybridized carbons (Fsp3) is 0.625. The van der Waals surface area contributed by atoms with E-state index in [1.54, 1.807) is 0 Å². The number of ether oxygens (including phenoxy) is 1. The summed E-state index contributed by atoms with van der Waals surface area (Å²) in [6.45, 7) is -1.86. The van der Waals surface area contributed by atoms with E-state index in [4.69, 9.17) is 37.3 Å². The molecular weight excluding hydrogens is 658 g/mol. The molecule has 0 saturated heterocycles. The van der Waals surface area contributed by atoms with Crippen LogP contribution in [0, 0.1) is 0 Å². The van der Waals surface area contributed by atoms with E-state index >= 15 is 0 Å². The minimum Gasteiger partial charge on any atom is -0.480 e. The number of nitrogens with two attached hydrogens (primary N) is 3. The van der Waals surface area contributed by atoms with E-state index in [9.17, 15) is 43.2 Å². The standard InChI is InChI=1S/C24H39N7O13S2/c25-7-12(32)5-6-44-20(37)9-29-22(39)16(31-18(34)4-2-14(27)24(42)43)11-46-45-10-15(21(38)28-8-19(35)36)30-17(33)3-1-13(26)23(40)41/h13-16H,1-11,25-27H2,(H,28,38)(H,29,39)(H,30,33)(H,31,34)(H,35,36)(H,40,41)(H,42,43)/t13-,14-,15-,16-/m0/s1. The van der Waals surface area contributed by atoms with Gasteiger partial charge in [0.05, 0.1) is 13.2 Å². The molecule has 0 aliphatic rings.